The third-order valence-electron chi connectivity index (χ3n) is 6.41. The molecule has 0 saturated heterocycles. The number of hydrogen-bond acceptors (Lipinski definition) is 7. The van der Waals surface area contributed by atoms with Gasteiger partial charge in [0.2, 0.25) is 5.75 Å². The van der Waals surface area contributed by atoms with E-state index >= 15 is 0 Å². The molecule has 196 valence electrons. The quantitative estimate of drug-likeness (QED) is 0.197. The smallest absolute Gasteiger partial charge is 0.204 e. The van der Waals surface area contributed by atoms with Crippen LogP contribution in [0, 0.1) is 5.92 Å². The maximum Gasteiger partial charge on any atom is 0.204 e. The van der Waals surface area contributed by atoms with E-state index in [-0.39, 0.29) is 58.5 Å². The summed E-state index contributed by atoms with van der Waals surface area (Å²) in [4.78, 5) is 16.7. The molecule has 2 aromatic carbocycles. The second-order valence-electron chi connectivity index (χ2n) is 9.44. The summed E-state index contributed by atoms with van der Waals surface area (Å²) in [7, 11) is 1.41. The fraction of sp³-hybridized carbons (Fsp3) is 0.345. The van der Waals surface area contributed by atoms with Gasteiger partial charge in [0.1, 0.15) is 22.5 Å². The molecule has 0 fully saturated rings. The first kappa shape index (κ1) is 26.2. The van der Waals surface area contributed by atoms with Crippen molar-refractivity contribution in [2.45, 2.75) is 39.0 Å². The minimum Gasteiger partial charge on any atom is -0.508 e. The van der Waals surface area contributed by atoms with Crippen LogP contribution in [0.4, 0.5) is 0 Å². The van der Waals surface area contributed by atoms with Crippen LogP contribution in [-0.2, 0) is 0 Å². The highest BCUT2D eigenvalue weighted by Crippen LogP contribution is 2.50. The fourth-order valence-electron chi connectivity index (χ4n) is 4.54. The first-order chi connectivity index (χ1) is 17.8. The summed E-state index contributed by atoms with van der Waals surface area (Å²) >= 11 is 0. The number of nitrogens with one attached hydrogen (secondary N) is 1. The summed E-state index contributed by atoms with van der Waals surface area (Å²) in [6, 6.07) is 9.65. The topological polar surface area (TPSA) is 125 Å². The normalized spacial score (nSPS) is 12.2. The van der Waals surface area contributed by atoms with Gasteiger partial charge in [-0.3, -0.25) is 4.79 Å². The van der Waals surface area contributed by atoms with Crippen molar-refractivity contribution in [2.75, 3.05) is 20.3 Å². The molecule has 2 heterocycles. The summed E-state index contributed by atoms with van der Waals surface area (Å²) < 4.78 is 17.8. The van der Waals surface area contributed by atoms with E-state index in [0.29, 0.717) is 35.6 Å². The molecule has 0 aliphatic heterocycles. The van der Waals surface area contributed by atoms with Crippen molar-refractivity contribution < 1.29 is 29.2 Å². The highest BCUT2D eigenvalue weighted by atomic mass is 16.5. The molecule has 0 aliphatic carbocycles. The Morgan fingerprint density at radius 2 is 1.81 bits per heavy atom. The zero-order valence-electron chi connectivity index (χ0n) is 21.3. The van der Waals surface area contributed by atoms with Crippen molar-refractivity contribution in [3.8, 4) is 34.3 Å². The van der Waals surface area contributed by atoms with Crippen molar-refractivity contribution in [1.82, 2.24) is 4.98 Å². The molecule has 0 radical (unpaired) electrons. The molecule has 0 bridgehead atoms. The average Bonchev–Trinajstić information content (AvgIpc) is 3.40. The molecule has 37 heavy (non-hydrogen) atoms. The van der Waals surface area contributed by atoms with E-state index in [1.165, 1.54) is 25.3 Å². The van der Waals surface area contributed by atoms with Gasteiger partial charge in [-0.2, -0.15) is 0 Å². The van der Waals surface area contributed by atoms with Gasteiger partial charge in [-0.05, 0) is 48.2 Å². The monoisotopic (exact) mass is 507 g/mol. The number of phenols is 2. The van der Waals surface area contributed by atoms with Gasteiger partial charge in [-0.25, -0.2) is 0 Å². The number of hydrogen-bond donors (Lipinski definition) is 4. The molecule has 8 nitrogen and oxygen atoms in total. The van der Waals surface area contributed by atoms with Crippen LogP contribution in [0.2, 0.25) is 0 Å². The Bertz CT molecular complexity index is 1390. The Balaban J connectivity index is 2.05. The molecular weight excluding hydrogens is 474 g/mol. The molecule has 0 spiro atoms. The number of phenolic OH excluding ortho intramolecular Hbond substituents is 2. The predicted molar refractivity (Wildman–Crippen MR) is 142 cm³/mol. The van der Waals surface area contributed by atoms with E-state index in [4.69, 9.17) is 13.9 Å². The van der Waals surface area contributed by atoms with E-state index < -0.39 is 0 Å². The Hall–Kier alpha value is -3.91. The summed E-state index contributed by atoms with van der Waals surface area (Å²) in [5.74, 6) is 0.476. The lowest BCUT2D eigenvalue weighted by atomic mass is 9.85. The lowest BCUT2D eigenvalue weighted by Gasteiger charge is -2.23. The van der Waals surface area contributed by atoms with Crippen molar-refractivity contribution in [3.05, 3.63) is 70.1 Å². The second-order valence-corrected chi connectivity index (χ2v) is 9.44. The lowest BCUT2D eigenvalue weighted by Crippen LogP contribution is -2.12. The predicted octanol–water partition coefficient (Wildman–Crippen LogP) is 5.54. The minimum absolute atomic E-state index is 0.0511. The summed E-state index contributed by atoms with van der Waals surface area (Å²) in [6.45, 7) is 4.30. The third-order valence-corrected chi connectivity index (χ3v) is 6.41. The number of aromatic amines is 1. The molecule has 1 unspecified atom stereocenters. The van der Waals surface area contributed by atoms with Gasteiger partial charge >= 0.3 is 0 Å². The van der Waals surface area contributed by atoms with Crippen molar-refractivity contribution in [3.63, 3.8) is 0 Å². The SMILES string of the molecule is COc1c(O)c(C(CCC(C)C)c2cc[nH]c2)c2oc(-c3ccc(O)cc3)cc(=O)c2c1OCCCO. The largest absolute Gasteiger partial charge is 0.508 e. The summed E-state index contributed by atoms with van der Waals surface area (Å²) in [5, 5.41) is 30.7. The standard InChI is InChI=1S/C29H33NO7/c1-17(2)5-10-21(19-11-12-30-16-19)24-26(34)29(35-3)28(36-14-4-13-31)25-22(33)15-23(37-27(24)25)18-6-8-20(32)9-7-18/h6-9,11-12,15-17,21,30-32,34H,4-5,10,13-14H2,1-3H3. The molecule has 8 heteroatoms. The van der Waals surface area contributed by atoms with E-state index in [1.54, 1.807) is 12.1 Å². The fourth-order valence-corrected chi connectivity index (χ4v) is 4.54. The number of methoxy groups -OCH3 is 1. The molecule has 4 aromatic rings. The summed E-state index contributed by atoms with van der Waals surface area (Å²) in [5.41, 5.74) is 1.83. The van der Waals surface area contributed by atoms with Crippen molar-refractivity contribution >= 4 is 11.0 Å². The van der Waals surface area contributed by atoms with Gasteiger partial charge in [0.05, 0.1) is 13.7 Å². The first-order valence-electron chi connectivity index (χ1n) is 12.4. The number of aliphatic hydroxyl groups is 1. The molecular formula is C29H33NO7. The van der Waals surface area contributed by atoms with E-state index in [2.05, 4.69) is 18.8 Å². The Kier molecular flexibility index (Phi) is 8.08. The Morgan fingerprint density at radius 3 is 2.43 bits per heavy atom. The van der Waals surface area contributed by atoms with Crippen LogP contribution in [0.15, 0.2) is 58.0 Å². The first-order valence-corrected chi connectivity index (χ1v) is 12.4. The average molecular weight is 508 g/mol. The van der Waals surface area contributed by atoms with Gasteiger partial charge < -0.3 is 34.2 Å². The van der Waals surface area contributed by atoms with Crippen molar-refractivity contribution in [1.29, 1.82) is 0 Å². The molecule has 0 amide bonds. The number of aliphatic hydroxyl groups excluding tert-OH is 1. The van der Waals surface area contributed by atoms with Gasteiger partial charge in [0.25, 0.3) is 0 Å². The molecule has 1 atom stereocenters. The molecule has 0 aliphatic rings. The molecule has 4 rings (SSSR count). The van der Waals surface area contributed by atoms with Crippen molar-refractivity contribution in [2.24, 2.45) is 5.92 Å². The second kappa shape index (κ2) is 11.4. The van der Waals surface area contributed by atoms with Crippen LogP contribution < -0.4 is 14.9 Å². The molecule has 0 saturated carbocycles. The number of benzene rings is 2. The van der Waals surface area contributed by atoms with Crippen LogP contribution >= 0.6 is 0 Å². The van der Waals surface area contributed by atoms with E-state index in [9.17, 15) is 20.1 Å². The van der Waals surface area contributed by atoms with Gasteiger partial charge in [0.15, 0.2) is 16.9 Å². The maximum absolute atomic E-state index is 13.6. The highest BCUT2D eigenvalue weighted by molar-refractivity contribution is 5.93. The zero-order valence-corrected chi connectivity index (χ0v) is 21.3. The number of H-pyrrole nitrogens is 1. The minimum atomic E-state index is -0.362. The molecule has 4 N–H and O–H groups in total. The lowest BCUT2D eigenvalue weighted by molar-refractivity contribution is 0.228. The van der Waals surface area contributed by atoms with Crippen LogP contribution in [0.3, 0.4) is 0 Å². The Labute approximate surface area is 215 Å². The van der Waals surface area contributed by atoms with E-state index in [1.807, 2.05) is 18.5 Å². The van der Waals surface area contributed by atoms with Crippen LogP contribution in [-0.4, -0.2) is 40.6 Å². The van der Waals surface area contributed by atoms with Gasteiger partial charge in [-0.1, -0.05) is 20.3 Å². The van der Waals surface area contributed by atoms with E-state index in [0.717, 1.165) is 12.0 Å². The van der Waals surface area contributed by atoms with Gasteiger partial charge in [0, 0.05) is 48.5 Å². The zero-order chi connectivity index (χ0) is 26.5. The maximum atomic E-state index is 13.6. The van der Waals surface area contributed by atoms with Gasteiger partial charge in [-0.15, -0.1) is 0 Å². The highest BCUT2D eigenvalue weighted by Gasteiger charge is 2.31. The third kappa shape index (κ3) is 5.44. The molecule has 2 aromatic heterocycles. The number of ether oxygens (including phenoxy) is 2. The summed E-state index contributed by atoms with van der Waals surface area (Å²) in [6.07, 6.45) is 5.59. The number of aromatic hydroxyl groups is 2. The van der Waals surface area contributed by atoms with Crippen LogP contribution in [0.1, 0.15) is 50.2 Å². The number of rotatable bonds is 11. The van der Waals surface area contributed by atoms with Crippen LogP contribution in [0.25, 0.3) is 22.3 Å². The number of aromatic nitrogens is 1. The Morgan fingerprint density at radius 1 is 1.05 bits per heavy atom. The van der Waals surface area contributed by atoms with Crippen LogP contribution in [0.5, 0.6) is 23.0 Å². The number of fused-ring (bicyclic) bond motifs is 1.